The zero-order valence-electron chi connectivity index (χ0n) is 11.3. The van der Waals surface area contributed by atoms with Gasteiger partial charge < -0.3 is 10.5 Å². The highest BCUT2D eigenvalue weighted by molar-refractivity contribution is 6.32. The fraction of sp³-hybridized carbons (Fsp3) is 0.214. The lowest BCUT2D eigenvalue weighted by atomic mass is 10.1. The van der Waals surface area contributed by atoms with Gasteiger partial charge in [0.25, 0.3) is 0 Å². The first-order valence-corrected chi connectivity index (χ1v) is 6.73. The van der Waals surface area contributed by atoms with Crippen LogP contribution in [0.25, 0.3) is 0 Å². The summed E-state index contributed by atoms with van der Waals surface area (Å²) in [5.74, 6) is 0.358. The average molecular weight is 308 g/mol. The molecule has 0 spiro atoms. The number of benzene rings is 1. The van der Waals surface area contributed by atoms with Crippen LogP contribution in [0.15, 0.2) is 36.5 Å². The molecule has 1 aromatic heterocycles. The van der Waals surface area contributed by atoms with Gasteiger partial charge in [-0.2, -0.15) is 0 Å². The molecule has 2 N–H and O–H groups in total. The van der Waals surface area contributed by atoms with Crippen LogP contribution < -0.4 is 10.5 Å². The number of nitrogens with two attached hydrogens (primary N) is 1. The van der Waals surface area contributed by atoms with E-state index in [0.29, 0.717) is 5.75 Å². The molecule has 1 heterocycles. The van der Waals surface area contributed by atoms with E-state index in [-0.39, 0.29) is 22.5 Å². The van der Waals surface area contributed by atoms with Crippen molar-refractivity contribution in [1.82, 2.24) is 4.98 Å². The second kappa shape index (κ2) is 6.51. The SMILES string of the molecule is CCC(N)c1ccc(Oc2c(Cl)cccc2[N+](=O)[O-])cn1. The number of rotatable bonds is 5. The van der Waals surface area contributed by atoms with Crippen molar-refractivity contribution in [2.24, 2.45) is 5.73 Å². The van der Waals surface area contributed by atoms with Crippen LogP contribution in [-0.4, -0.2) is 9.91 Å². The molecule has 1 atom stereocenters. The highest BCUT2D eigenvalue weighted by atomic mass is 35.5. The Labute approximate surface area is 126 Å². The minimum Gasteiger partial charge on any atom is -0.447 e. The van der Waals surface area contributed by atoms with Crippen LogP contribution in [-0.2, 0) is 0 Å². The summed E-state index contributed by atoms with van der Waals surface area (Å²) >= 11 is 5.96. The van der Waals surface area contributed by atoms with Gasteiger partial charge in [0.1, 0.15) is 5.75 Å². The zero-order valence-corrected chi connectivity index (χ0v) is 12.1. The smallest absolute Gasteiger partial charge is 0.313 e. The third kappa shape index (κ3) is 3.48. The number of nitro groups is 1. The number of ether oxygens (including phenoxy) is 1. The van der Waals surface area contributed by atoms with E-state index in [2.05, 4.69) is 4.98 Å². The molecule has 0 aliphatic carbocycles. The number of hydrogen-bond donors (Lipinski definition) is 1. The second-order valence-electron chi connectivity index (χ2n) is 4.38. The Kier molecular flexibility index (Phi) is 4.72. The van der Waals surface area contributed by atoms with Gasteiger partial charge in [0.05, 0.1) is 21.8 Å². The Morgan fingerprint density at radius 1 is 1.43 bits per heavy atom. The number of hydrogen-bond acceptors (Lipinski definition) is 5. The fourth-order valence-corrected chi connectivity index (χ4v) is 1.95. The van der Waals surface area contributed by atoms with Crippen molar-refractivity contribution in [2.45, 2.75) is 19.4 Å². The van der Waals surface area contributed by atoms with Gasteiger partial charge in [0, 0.05) is 12.1 Å². The summed E-state index contributed by atoms with van der Waals surface area (Å²) in [7, 11) is 0. The topological polar surface area (TPSA) is 91.3 Å². The number of nitro benzene ring substituents is 1. The number of pyridine rings is 1. The largest absolute Gasteiger partial charge is 0.447 e. The minimum atomic E-state index is -0.546. The number of halogens is 1. The molecule has 2 aromatic rings. The maximum atomic E-state index is 11.0. The average Bonchev–Trinajstić information content (AvgIpc) is 2.49. The van der Waals surface area contributed by atoms with E-state index in [9.17, 15) is 10.1 Å². The normalized spacial score (nSPS) is 12.0. The predicted octanol–water partition coefficient (Wildman–Crippen LogP) is 3.85. The predicted molar refractivity (Wildman–Crippen MR) is 79.6 cm³/mol. The van der Waals surface area contributed by atoms with E-state index in [1.165, 1.54) is 24.4 Å². The van der Waals surface area contributed by atoms with Crippen molar-refractivity contribution >= 4 is 17.3 Å². The summed E-state index contributed by atoms with van der Waals surface area (Å²) in [6.07, 6.45) is 2.24. The molecule has 0 aliphatic rings. The standard InChI is InChI=1S/C14H14ClN3O3/c1-2-11(16)12-7-6-9(8-17-12)21-14-10(15)4-3-5-13(14)18(19)20/h3-8,11H,2,16H2,1H3. The summed E-state index contributed by atoms with van der Waals surface area (Å²) in [5.41, 5.74) is 6.41. The molecule has 0 aliphatic heterocycles. The second-order valence-corrected chi connectivity index (χ2v) is 4.79. The zero-order chi connectivity index (χ0) is 15.4. The molecule has 21 heavy (non-hydrogen) atoms. The molecule has 1 aromatic carbocycles. The van der Waals surface area contributed by atoms with E-state index in [4.69, 9.17) is 22.1 Å². The molecule has 0 radical (unpaired) electrons. The van der Waals surface area contributed by atoms with Crippen LogP contribution in [0.3, 0.4) is 0 Å². The van der Waals surface area contributed by atoms with Crippen molar-refractivity contribution in [3.8, 4) is 11.5 Å². The van der Waals surface area contributed by atoms with Crippen molar-refractivity contribution in [2.75, 3.05) is 0 Å². The third-order valence-electron chi connectivity index (χ3n) is 2.94. The molecule has 7 heteroatoms. The van der Waals surface area contributed by atoms with Gasteiger partial charge in [-0.1, -0.05) is 24.6 Å². The van der Waals surface area contributed by atoms with E-state index in [1.807, 2.05) is 6.92 Å². The molecule has 0 bridgehead atoms. The Bertz CT molecular complexity index is 646. The molecule has 0 amide bonds. The minimum absolute atomic E-state index is 0.00138. The molecular weight excluding hydrogens is 294 g/mol. The van der Waals surface area contributed by atoms with Crippen molar-refractivity contribution in [1.29, 1.82) is 0 Å². The maximum Gasteiger partial charge on any atom is 0.313 e. The van der Waals surface area contributed by atoms with Crippen LogP contribution in [0.5, 0.6) is 11.5 Å². The van der Waals surface area contributed by atoms with Crippen molar-refractivity contribution < 1.29 is 9.66 Å². The Balaban J connectivity index is 2.28. The summed E-state index contributed by atoms with van der Waals surface area (Å²) in [4.78, 5) is 14.6. The van der Waals surface area contributed by atoms with Crippen LogP contribution in [0.1, 0.15) is 25.1 Å². The Hall–Kier alpha value is -2.18. The summed E-state index contributed by atoms with van der Waals surface area (Å²) in [5, 5.41) is 11.1. The highest BCUT2D eigenvalue weighted by Gasteiger charge is 2.19. The van der Waals surface area contributed by atoms with Crippen molar-refractivity contribution in [3.05, 3.63) is 57.4 Å². The Morgan fingerprint density at radius 3 is 2.76 bits per heavy atom. The molecule has 1 unspecified atom stereocenters. The third-order valence-corrected chi connectivity index (χ3v) is 3.24. The van der Waals surface area contributed by atoms with E-state index in [0.717, 1.165) is 12.1 Å². The number of aromatic nitrogens is 1. The van der Waals surface area contributed by atoms with Gasteiger partial charge in [-0.3, -0.25) is 15.1 Å². The van der Waals surface area contributed by atoms with Gasteiger partial charge in [-0.05, 0) is 24.6 Å². The van der Waals surface area contributed by atoms with E-state index in [1.54, 1.807) is 12.1 Å². The molecular formula is C14H14ClN3O3. The van der Waals surface area contributed by atoms with Crippen LogP contribution in [0.2, 0.25) is 5.02 Å². The van der Waals surface area contributed by atoms with Crippen LogP contribution >= 0.6 is 11.6 Å². The lowest BCUT2D eigenvalue weighted by Crippen LogP contribution is -2.10. The molecule has 0 fully saturated rings. The molecule has 6 nitrogen and oxygen atoms in total. The Morgan fingerprint density at radius 2 is 2.19 bits per heavy atom. The van der Waals surface area contributed by atoms with Crippen molar-refractivity contribution in [3.63, 3.8) is 0 Å². The molecule has 0 saturated carbocycles. The highest BCUT2D eigenvalue weighted by Crippen LogP contribution is 2.37. The first kappa shape index (κ1) is 15.2. The van der Waals surface area contributed by atoms with Gasteiger partial charge in [-0.15, -0.1) is 0 Å². The summed E-state index contributed by atoms with van der Waals surface area (Å²) in [6.45, 7) is 1.96. The summed E-state index contributed by atoms with van der Waals surface area (Å²) in [6, 6.07) is 7.59. The van der Waals surface area contributed by atoms with Gasteiger partial charge >= 0.3 is 5.69 Å². The van der Waals surface area contributed by atoms with Gasteiger partial charge in [-0.25, -0.2) is 0 Å². The number of para-hydroxylation sites is 1. The first-order valence-electron chi connectivity index (χ1n) is 6.35. The molecule has 110 valence electrons. The van der Waals surface area contributed by atoms with Gasteiger partial charge in [0.15, 0.2) is 0 Å². The number of nitrogens with zero attached hydrogens (tertiary/aromatic N) is 2. The monoisotopic (exact) mass is 307 g/mol. The molecule has 2 rings (SSSR count). The van der Waals surface area contributed by atoms with Gasteiger partial charge in [0.2, 0.25) is 5.75 Å². The van der Waals surface area contributed by atoms with E-state index >= 15 is 0 Å². The van der Waals surface area contributed by atoms with E-state index < -0.39 is 4.92 Å². The quantitative estimate of drug-likeness (QED) is 0.669. The first-order chi connectivity index (χ1) is 10.0. The lowest BCUT2D eigenvalue weighted by Gasteiger charge is -2.10. The molecule has 0 saturated heterocycles. The fourth-order valence-electron chi connectivity index (χ4n) is 1.74. The lowest BCUT2D eigenvalue weighted by molar-refractivity contribution is -0.385. The van der Waals surface area contributed by atoms with Crippen LogP contribution in [0, 0.1) is 10.1 Å². The maximum absolute atomic E-state index is 11.0. The summed E-state index contributed by atoms with van der Waals surface area (Å²) < 4.78 is 5.49. The van der Waals surface area contributed by atoms with Crippen LogP contribution in [0.4, 0.5) is 5.69 Å².